The average Bonchev–Trinajstić information content (AvgIpc) is 2.86. The lowest BCUT2D eigenvalue weighted by atomic mass is 10.1. The van der Waals surface area contributed by atoms with Crippen molar-refractivity contribution >= 4 is 78.1 Å². The molecule has 3 N–H and O–H groups in total. The number of sulfone groups is 1. The third-order valence-electron chi connectivity index (χ3n) is 16.5. The number of unbranched alkanes of at least 4 members (excludes halogenated alkanes) is 2. The summed E-state index contributed by atoms with van der Waals surface area (Å²) < 4.78 is 81.9. The minimum Gasteiger partial charge on any atom is -0.484 e. The van der Waals surface area contributed by atoms with Gasteiger partial charge in [0.15, 0.2) is 9.84 Å². The van der Waals surface area contributed by atoms with Crippen molar-refractivity contribution < 1.29 is 45.4 Å². The quantitative estimate of drug-likeness (QED) is 0.0404. The van der Waals surface area contributed by atoms with Gasteiger partial charge in [-0.3, -0.25) is 9.69 Å². The summed E-state index contributed by atoms with van der Waals surface area (Å²) in [6.45, 7) is 10.6. The first-order valence-corrected chi connectivity index (χ1v) is 33.9. The average molecular weight is 1280 g/mol. The number of benzene rings is 4. The van der Waals surface area contributed by atoms with Gasteiger partial charge in [-0.2, -0.15) is 0 Å². The molecule has 4 aromatic carbocycles. The fourth-order valence-corrected chi connectivity index (χ4v) is 16.1. The third-order valence-corrected chi connectivity index (χ3v) is 21.1. The van der Waals surface area contributed by atoms with Gasteiger partial charge >= 0.3 is 6.03 Å². The molecule has 462 valence electrons. The lowest BCUT2D eigenvalue weighted by Crippen LogP contribution is -2.38. The number of urea groups is 1. The highest BCUT2D eigenvalue weighted by atomic mass is 35.5. The first kappa shape index (κ1) is 66.2. The number of carbonyl (C=O) groups is 2. The summed E-state index contributed by atoms with van der Waals surface area (Å²) in [7, 11) is 0.694. The topological polar surface area (TPSA) is 188 Å². The highest BCUT2D eigenvalue weighted by molar-refractivity contribution is 7.91. The molecule has 0 bridgehead atoms. The predicted octanol–water partition coefficient (Wildman–Crippen LogP) is 9.52. The number of halogens is 4. The third kappa shape index (κ3) is 17.9. The number of rotatable bonds is 31. The molecule has 4 aliphatic rings. The number of sulfonamides is 1. The number of hydrogen-bond donors (Lipinski definition) is 3. The summed E-state index contributed by atoms with van der Waals surface area (Å²) in [5.74, 6) is 1.49. The minimum atomic E-state index is -3.78. The Hall–Kier alpha value is -3.80. The fraction of sp³-hybridized carbons (Fsp3) is 0.574. The number of ether oxygens (including phenoxy) is 4. The number of fused-ring (bicyclic) bond motifs is 2. The summed E-state index contributed by atoms with van der Waals surface area (Å²) in [5.41, 5.74) is 5.37. The molecule has 0 unspecified atom stereocenters. The van der Waals surface area contributed by atoms with E-state index in [2.05, 4.69) is 35.0 Å². The van der Waals surface area contributed by atoms with Gasteiger partial charge in [-0.05, 0) is 189 Å². The standard InChI is InChI=1S/C61H83Cl4N7O10S2/c1-40-29-47(13-15-57(40)81-59-51-31-43(62)33-53(64)49(51)35-55(59)69(3)4)83(75,76)39-42-17-21-71(37-42)23-28-80-26-20-67-61(74)66-19-9-7-8-11-46(73)12-10-25-79-27-24-72-22-18-45(38-72)68-84(77,78)48-14-16-58(41(2)30-48)82-60-52-32-44(63)34-54(65)50(52)36-56(60)70(5)6/h13-16,29-34,42,45,55-56,59-60,68H,7-12,17-28,35-39H2,1-6H3,(H2,66,67,74)/t42-,45-,55-,56-,59-,60-/m0/s1. The Balaban J connectivity index is 0.608. The maximum absolute atomic E-state index is 13.6. The molecule has 23 heteroatoms. The molecule has 2 amide bonds. The van der Waals surface area contributed by atoms with Crippen molar-refractivity contribution in [2.24, 2.45) is 5.92 Å². The van der Waals surface area contributed by atoms with Crippen LogP contribution >= 0.6 is 46.4 Å². The molecule has 0 saturated carbocycles. The second kappa shape index (κ2) is 30.4. The number of ketones is 1. The van der Waals surface area contributed by atoms with E-state index < -0.39 is 19.9 Å². The molecular weight excluding hydrogens is 1200 g/mol. The van der Waals surface area contributed by atoms with E-state index in [0.29, 0.717) is 135 Å². The van der Waals surface area contributed by atoms with Crippen LogP contribution in [0, 0.1) is 19.8 Å². The summed E-state index contributed by atoms with van der Waals surface area (Å²) in [5, 5.41) is 8.00. The minimum absolute atomic E-state index is 0.0110. The number of nitrogens with zero attached hydrogens (tertiary/aromatic N) is 4. The van der Waals surface area contributed by atoms with E-state index in [0.717, 1.165) is 73.0 Å². The highest BCUT2D eigenvalue weighted by Crippen LogP contribution is 2.44. The summed E-state index contributed by atoms with van der Waals surface area (Å²) >= 11 is 25.9. The molecule has 84 heavy (non-hydrogen) atoms. The van der Waals surface area contributed by atoms with E-state index in [-0.39, 0.29) is 63.6 Å². The molecule has 4 aromatic rings. The molecule has 2 saturated heterocycles. The van der Waals surface area contributed by atoms with Crippen molar-refractivity contribution in [2.45, 2.75) is 118 Å². The Kier molecular flexibility index (Phi) is 24.0. The summed E-state index contributed by atoms with van der Waals surface area (Å²) in [6.07, 6.45) is 6.23. The van der Waals surface area contributed by atoms with Gasteiger partial charge in [0.25, 0.3) is 0 Å². The Labute approximate surface area is 517 Å². The molecule has 17 nitrogen and oxygen atoms in total. The van der Waals surface area contributed by atoms with Gasteiger partial charge in [0.05, 0.1) is 47.4 Å². The molecular formula is C61H83Cl4N7O10S2. The van der Waals surface area contributed by atoms with E-state index in [1.165, 1.54) is 0 Å². The second-order valence-corrected chi connectivity index (χ2v) is 28.8. The molecule has 0 spiro atoms. The van der Waals surface area contributed by atoms with Gasteiger partial charge in [-0.15, -0.1) is 0 Å². The van der Waals surface area contributed by atoms with Crippen LogP contribution in [-0.4, -0.2) is 179 Å². The van der Waals surface area contributed by atoms with Crippen LogP contribution in [0.1, 0.15) is 97.0 Å². The van der Waals surface area contributed by atoms with Gasteiger partial charge in [0.1, 0.15) is 29.5 Å². The zero-order chi connectivity index (χ0) is 60.3. The zero-order valence-corrected chi connectivity index (χ0v) is 53.9. The SMILES string of the molecule is Cc1cc(S(=O)(=O)C[C@H]2CCN(CCOCCNC(=O)NCCCCCC(=O)CCCOCCN3CC[C@H](NS(=O)(=O)c4ccc(O[C@H]5c6cc(Cl)cc(Cl)c6C[C@@H]5N(C)C)c(C)c4)C3)C2)ccc1O[C@H]1c2cc(Cl)cc(Cl)c2C[C@@H]1N(C)C. The maximum atomic E-state index is 13.6. The summed E-state index contributed by atoms with van der Waals surface area (Å²) in [6, 6.07) is 16.9. The van der Waals surface area contributed by atoms with Crippen LogP contribution in [0.5, 0.6) is 11.5 Å². The van der Waals surface area contributed by atoms with E-state index in [9.17, 15) is 26.4 Å². The Morgan fingerprint density at radius 1 is 0.619 bits per heavy atom. The number of amides is 2. The maximum Gasteiger partial charge on any atom is 0.314 e. The van der Waals surface area contributed by atoms with Gasteiger partial charge in [-0.25, -0.2) is 26.4 Å². The van der Waals surface area contributed by atoms with Crippen LogP contribution in [0.25, 0.3) is 0 Å². The van der Waals surface area contributed by atoms with Crippen molar-refractivity contribution in [2.75, 3.05) is 113 Å². The molecule has 8 rings (SSSR count). The number of carbonyl (C=O) groups excluding carboxylic acids is 2. The van der Waals surface area contributed by atoms with Gasteiger partial charge in [0.2, 0.25) is 10.0 Å². The second-order valence-electron chi connectivity index (χ2n) is 23.3. The first-order chi connectivity index (χ1) is 40.0. The van der Waals surface area contributed by atoms with Gasteiger partial charge in [0, 0.05) is 96.0 Å². The van der Waals surface area contributed by atoms with Crippen molar-refractivity contribution in [3.63, 3.8) is 0 Å². The number of Topliss-reactive ketones (excluding diaryl/α,β-unsaturated/α-hetero) is 1. The van der Waals surface area contributed by atoms with E-state index >= 15 is 0 Å². The molecule has 0 radical (unpaired) electrons. The summed E-state index contributed by atoms with van der Waals surface area (Å²) in [4.78, 5) is 33.9. The number of hydrogen-bond acceptors (Lipinski definition) is 14. The smallest absolute Gasteiger partial charge is 0.314 e. The predicted molar refractivity (Wildman–Crippen MR) is 332 cm³/mol. The normalized spacial score (nSPS) is 20.9. The van der Waals surface area contributed by atoms with Crippen molar-refractivity contribution in [3.05, 3.63) is 114 Å². The lowest BCUT2D eigenvalue weighted by Gasteiger charge is -2.28. The largest absolute Gasteiger partial charge is 0.484 e. The monoisotopic (exact) mass is 1280 g/mol. The van der Waals surface area contributed by atoms with Crippen LogP contribution in [-0.2, 0) is 47.0 Å². The fourth-order valence-electron chi connectivity index (χ4n) is 11.9. The first-order valence-electron chi connectivity index (χ1n) is 29.3. The van der Waals surface area contributed by atoms with Crippen molar-refractivity contribution in [1.82, 2.24) is 35.0 Å². The highest BCUT2D eigenvalue weighted by Gasteiger charge is 2.40. The molecule has 2 fully saturated rings. The number of nitrogens with one attached hydrogen (secondary N) is 3. The van der Waals surface area contributed by atoms with Crippen LogP contribution in [0.3, 0.4) is 0 Å². The van der Waals surface area contributed by atoms with E-state index in [1.54, 1.807) is 48.5 Å². The lowest BCUT2D eigenvalue weighted by molar-refractivity contribution is -0.119. The number of aryl methyl sites for hydroxylation is 2. The molecule has 2 heterocycles. The van der Waals surface area contributed by atoms with Crippen molar-refractivity contribution in [3.8, 4) is 11.5 Å². The number of likely N-dealkylation sites (tertiary alicyclic amines) is 2. The van der Waals surface area contributed by atoms with E-state index in [1.807, 2.05) is 54.2 Å². The van der Waals surface area contributed by atoms with Crippen LogP contribution < -0.4 is 24.8 Å². The van der Waals surface area contributed by atoms with Crippen molar-refractivity contribution in [1.29, 1.82) is 0 Å². The molecule has 2 aliphatic heterocycles. The molecule has 0 aromatic heterocycles. The van der Waals surface area contributed by atoms with Gasteiger partial charge < -0.3 is 44.3 Å². The van der Waals surface area contributed by atoms with Crippen LogP contribution in [0.4, 0.5) is 4.79 Å². The van der Waals surface area contributed by atoms with E-state index in [4.69, 9.17) is 65.4 Å². The Morgan fingerprint density at radius 2 is 1.15 bits per heavy atom. The molecule has 2 aliphatic carbocycles. The zero-order valence-electron chi connectivity index (χ0n) is 49.2. The van der Waals surface area contributed by atoms with Crippen LogP contribution in [0.15, 0.2) is 70.5 Å². The van der Waals surface area contributed by atoms with Gasteiger partial charge in [-0.1, -0.05) is 52.8 Å². The van der Waals surface area contributed by atoms with Crippen LogP contribution in [0.2, 0.25) is 20.1 Å². The Bertz CT molecular complexity index is 2950. The molecule has 6 atom stereocenters. The number of likely N-dealkylation sites (N-methyl/N-ethyl adjacent to an activating group) is 2. The Morgan fingerprint density at radius 3 is 1.75 bits per heavy atom.